The lowest BCUT2D eigenvalue weighted by Crippen LogP contribution is -2.14. The standard InChI is InChI=1S/C15H15N5O3S/c1-3-13-18-19-15(24-13)16-11(21)8-12-17-14(20-23-12)9-4-6-10(22-2)7-5-9/h4-7H,3,8H2,1-2H3,(H,16,19,21). The summed E-state index contributed by atoms with van der Waals surface area (Å²) in [6.07, 6.45) is 0.757. The third-order valence-electron chi connectivity index (χ3n) is 3.14. The number of nitrogens with one attached hydrogen (secondary N) is 1. The molecule has 3 aromatic rings. The predicted molar refractivity (Wildman–Crippen MR) is 87.9 cm³/mol. The minimum absolute atomic E-state index is 0.0236. The maximum absolute atomic E-state index is 12.0. The summed E-state index contributed by atoms with van der Waals surface area (Å²) in [5, 5.41) is 15.7. The van der Waals surface area contributed by atoms with Gasteiger partial charge in [0, 0.05) is 5.56 Å². The zero-order valence-corrected chi connectivity index (χ0v) is 14.0. The van der Waals surface area contributed by atoms with Gasteiger partial charge >= 0.3 is 0 Å². The van der Waals surface area contributed by atoms with E-state index in [1.165, 1.54) is 11.3 Å². The highest BCUT2D eigenvalue weighted by atomic mass is 32.1. The Morgan fingerprint density at radius 1 is 1.29 bits per heavy atom. The van der Waals surface area contributed by atoms with Gasteiger partial charge in [0.25, 0.3) is 0 Å². The third-order valence-corrected chi connectivity index (χ3v) is 4.13. The van der Waals surface area contributed by atoms with Gasteiger partial charge in [0.2, 0.25) is 22.8 Å². The van der Waals surface area contributed by atoms with Crippen LogP contribution in [0.25, 0.3) is 11.4 Å². The fraction of sp³-hybridized carbons (Fsp3) is 0.267. The lowest BCUT2D eigenvalue weighted by Gasteiger charge is -1.99. The monoisotopic (exact) mass is 345 g/mol. The Kier molecular flexibility index (Phi) is 4.80. The van der Waals surface area contributed by atoms with Crippen LogP contribution < -0.4 is 10.1 Å². The normalized spacial score (nSPS) is 10.6. The van der Waals surface area contributed by atoms with Crippen molar-refractivity contribution in [1.82, 2.24) is 20.3 Å². The van der Waals surface area contributed by atoms with Gasteiger partial charge in [-0.3, -0.25) is 4.79 Å². The highest BCUT2D eigenvalue weighted by Gasteiger charge is 2.14. The molecule has 0 fully saturated rings. The van der Waals surface area contributed by atoms with E-state index in [2.05, 4.69) is 25.7 Å². The van der Waals surface area contributed by atoms with Crippen molar-refractivity contribution in [3.8, 4) is 17.1 Å². The maximum Gasteiger partial charge on any atom is 0.236 e. The van der Waals surface area contributed by atoms with Gasteiger partial charge in [0.05, 0.1) is 7.11 Å². The molecule has 0 aliphatic rings. The first kappa shape index (κ1) is 16.1. The lowest BCUT2D eigenvalue weighted by molar-refractivity contribution is -0.115. The average molecular weight is 345 g/mol. The molecule has 0 radical (unpaired) electrons. The number of rotatable bonds is 6. The number of methoxy groups -OCH3 is 1. The Morgan fingerprint density at radius 3 is 2.75 bits per heavy atom. The topological polar surface area (TPSA) is 103 Å². The SMILES string of the molecule is CCc1nnc(NC(=O)Cc2nc(-c3ccc(OC)cc3)no2)s1. The summed E-state index contributed by atoms with van der Waals surface area (Å²) >= 11 is 1.34. The highest BCUT2D eigenvalue weighted by molar-refractivity contribution is 7.15. The van der Waals surface area contributed by atoms with Gasteiger partial charge in [-0.2, -0.15) is 4.98 Å². The van der Waals surface area contributed by atoms with Gasteiger partial charge in [0.15, 0.2) is 0 Å². The van der Waals surface area contributed by atoms with E-state index in [4.69, 9.17) is 9.26 Å². The number of aryl methyl sites for hydroxylation is 1. The largest absolute Gasteiger partial charge is 0.497 e. The van der Waals surface area contributed by atoms with Crippen molar-refractivity contribution >= 4 is 22.4 Å². The number of amides is 1. The number of nitrogens with zero attached hydrogens (tertiary/aromatic N) is 4. The molecule has 0 atom stereocenters. The van der Waals surface area contributed by atoms with E-state index in [0.717, 1.165) is 22.7 Å². The molecule has 3 rings (SSSR count). The molecule has 1 aromatic carbocycles. The molecule has 0 spiro atoms. The van der Waals surface area contributed by atoms with E-state index in [-0.39, 0.29) is 18.2 Å². The first-order valence-corrected chi connectivity index (χ1v) is 8.09. The summed E-state index contributed by atoms with van der Waals surface area (Å²) in [5.74, 6) is 1.12. The number of carbonyl (C=O) groups excluding carboxylic acids is 1. The third kappa shape index (κ3) is 3.74. The van der Waals surface area contributed by atoms with Gasteiger partial charge in [-0.15, -0.1) is 10.2 Å². The first-order chi connectivity index (χ1) is 11.7. The molecule has 2 heterocycles. The fourth-order valence-corrected chi connectivity index (χ4v) is 2.63. The Labute approximate surface area is 141 Å². The summed E-state index contributed by atoms with van der Waals surface area (Å²) in [6, 6.07) is 7.25. The second kappa shape index (κ2) is 7.18. The number of anilines is 1. The summed E-state index contributed by atoms with van der Waals surface area (Å²) in [7, 11) is 1.60. The van der Waals surface area contributed by atoms with Gasteiger partial charge in [-0.05, 0) is 30.7 Å². The number of benzene rings is 1. The van der Waals surface area contributed by atoms with Crippen LogP contribution in [0.1, 0.15) is 17.8 Å². The fourth-order valence-electron chi connectivity index (χ4n) is 1.93. The number of hydrogen-bond acceptors (Lipinski definition) is 8. The number of hydrogen-bond donors (Lipinski definition) is 1. The minimum Gasteiger partial charge on any atom is -0.497 e. The van der Waals surface area contributed by atoms with Gasteiger partial charge in [-0.1, -0.05) is 23.4 Å². The predicted octanol–water partition coefficient (Wildman–Crippen LogP) is 2.34. The molecule has 0 bridgehead atoms. The van der Waals surface area contributed by atoms with E-state index >= 15 is 0 Å². The molecular weight excluding hydrogens is 330 g/mol. The molecule has 9 heteroatoms. The molecule has 0 aliphatic carbocycles. The zero-order valence-electron chi connectivity index (χ0n) is 13.1. The molecule has 2 aromatic heterocycles. The summed E-state index contributed by atoms with van der Waals surface area (Å²) in [5.41, 5.74) is 0.780. The quantitative estimate of drug-likeness (QED) is 0.731. The van der Waals surface area contributed by atoms with Crippen molar-refractivity contribution in [2.45, 2.75) is 19.8 Å². The van der Waals surface area contributed by atoms with E-state index in [9.17, 15) is 4.79 Å². The summed E-state index contributed by atoms with van der Waals surface area (Å²) < 4.78 is 10.2. The molecule has 24 heavy (non-hydrogen) atoms. The smallest absolute Gasteiger partial charge is 0.236 e. The molecule has 1 N–H and O–H groups in total. The highest BCUT2D eigenvalue weighted by Crippen LogP contribution is 2.20. The van der Waals surface area contributed by atoms with Gasteiger partial charge < -0.3 is 14.6 Å². The second-order valence-electron chi connectivity index (χ2n) is 4.82. The van der Waals surface area contributed by atoms with Crippen LogP contribution in [-0.2, 0) is 17.6 Å². The maximum atomic E-state index is 12.0. The number of aromatic nitrogens is 4. The van der Waals surface area contributed by atoms with Crippen LogP contribution >= 0.6 is 11.3 Å². The van der Waals surface area contributed by atoms with Crippen LogP contribution in [0, 0.1) is 0 Å². The molecule has 1 amide bonds. The summed E-state index contributed by atoms with van der Waals surface area (Å²) in [4.78, 5) is 16.2. The van der Waals surface area contributed by atoms with Crippen LogP contribution in [0.5, 0.6) is 5.75 Å². The van der Waals surface area contributed by atoms with Crippen molar-refractivity contribution in [3.63, 3.8) is 0 Å². The van der Waals surface area contributed by atoms with Crippen molar-refractivity contribution < 1.29 is 14.1 Å². The van der Waals surface area contributed by atoms with Gasteiger partial charge in [0.1, 0.15) is 17.2 Å². The van der Waals surface area contributed by atoms with Crippen molar-refractivity contribution in [2.24, 2.45) is 0 Å². The molecule has 8 nitrogen and oxygen atoms in total. The zero-order chi connectivity index (χ0) is 16.9. The van der Waals surface area contributed by atoms with Crippen molar-refractivity contribution in [3.05, 3.63) is 35.2 Å². The molecule has 0 saturated heterocycles. The van der Waals surface area contributed by atoms with E-state index in [1.807, 2.05) is 19.1 Å². The van der Waals surface area contributed by atoms with Crippen LogP contribution in [0.4, 0.5) is 5.13 Å². The molecule has 0 saturated carbocycles. The Hall–Kier alpha value is -2.81. The van der Waals surface area contributed by atoms with Crippen LogP contribution in [0.15, 0.2) is 28.8 Å². The Bertz CT molecular complexity index is 828. The second-order valence-corrected chi connectivity index (χ2v) is 5.88. The van der Waals surface area contributed by atoms with E-state index in [1.54, 1.807) is 19.2 Å². The first-order valence-electron chi connectivity index (χ1n) is 7.27. The molecular formula is C15H15N5O3S. The minimum atomic E-state index is -0.279. The lowest BCUT2D eigenvalue weighted by atomic mass is 10.2. The Balaban J connectivity index is 1.63. The van der Waals surface area contributed by atoms with Crippen molar-refractivity contribution in [2.75, 3.05) is 12.4 Å². The number of ether oxygens (including phenoxy) is 1. The van der Waals surface area contributed by atoms with Crippen LogP contribution in [-0.4, -0.2) is 33.4 Å². The molecule has 0 unspecified atom stereocenters. The molecule has 0 aliphatic heterocycles. The van der Waals surface area contributed by atoms with Crippen LogP contribution in [0.3, 0.4) is 0 Å². The Morgan fingerprint density at radius 2 is 2.08 bits per heavy atom. The van der Waals surface area contributed by atoms with Crippen LogP contribution in [0.2, 0.25) is 0 Å². The van der Waals surface area contributed by atoms with E-state index < -0.39 is 0 Å². The summed E-state index contributed by atoms with van der Waals surface area (Å²) in [6.45, 7) is 1.98. The molecule has 124 valence electrons. The van der Waals surface area contributed by atoms with Gasteiger partial charge in [-0.25, -0.2) is 0 Å². The van der Waals surface area contributed by atoms with Crippen molar-refractivity contribution in [1.29, 1.82) is 0 Å². The van der Waals surface area contributed by atoms with E-state index in [0.29, 0.717) is 11.0 Å². The average Bonchev–Trinajstić information content (AvgIpc) is 3.24. The number of carbonyl (C=O) groups is 1.